The minimum absolute atomic E-state index is 0.255. The molecular formula is C9H12O6S. The molecule has 6 nitrogen and oxygen atoms in total. The molecule has 0 aliphatic carbocycles. The lowest BCUT2D eigenvalue weighted by Gasteiger charge is -2.35. The highest BCUT2D eigenvalue weighted by Gasteiger charge is 2.50. The molecule has 0 aromatic heterocycles. The average Bonchev–Trinajstić information content (AvgIpc) is 2.59. The summed E-state index contributed by atoms with van der Waals surface area (Å²) in [4.78, 5) is 22.1. The van der Waals surface area contributed by atoms with Gasteiger partial charge in [-0.2, -0.15) is 0 Å². The number of hydrogen-bond donors (Lipinski definition) is 0. The molecule has 0 aromatic carbocycles. The number of fused-ring (bicyclic) bond motifs is 1. The van der Waals surface area contributed by atoms with Crippen molar-refractivity contribution in [1.82, 2.24) is 0 Å². The SMILES string of the molecule is CO[C@H]1OC[C@@H]2OC(=O)S[C@@H]2[C@H]1OC(C)=O. The fourth-order valence-corrected chi connectivity index (χ4v) is 2.77. The normalized spacial score (nSPS) is 37.8. The molecular weight excluding hydrogens is 236 g/mol. The van der Waals surface area contributed by atoms with Gasteiger partial charge in [0.1, 0.15) is 6.10 Å². The minimum Gasteiger partial charge on any atom is -0.456 e. The van der Waals surface area contributed by atoms with Gasteiger partial charge in [-0.25, -0.2) is 4.79 Å². The first-order chi connectivity index (χ1) is 7.61. The summed E-state index contributed by atoms with van der Waals surface area (Å²) >= 11 is 1.02. The molecule has 7 heteroatoms. The molecule has 2 saturated heterocycles. The van der Waals surface area contributed by atoms with Crippen molar-refractivity contribution in [3.05, 3.63) is 0 Å². The molecule has 90 valence electrons. The Kier molecular flexibility index (Phi) is 3.36. The number of hydrogen-bond acceptors (Lipinski definition) is 7. The van der Waals surface area contributed by atoms with Gasteiger partial charge in [0.25, 0.3) is 0 Å². The van der Waals surface area contributed by atoms with Crippen molar-refractivity contribution in [2.24, 2.45) is 0 Å². The zero-order chi connectivity index (χ0) is 11.7. The van der Waals surface area contributed by atoms with Crippen molar-refractivity contribution in [2.75, 3.05) is 13.7 Å². The minimum atomic E-state index is -0.646. The fraction of sp³-hybridized carbons (Fsp3) is 0.778. The van der Waals surface area contributed by atoms with Gasteiger partial charge >= 0.3 is 11.3 Å². The van der Waals surface area contributed by atoms with Crippen molar-refractivity contribution in [3.63, 3.8) is 0 Å². The molecule has 2 aliphatic rings. The van der Waals surface area contributed by atoms with Crippen LogP contribution in [-0.2, 0) is 23.7 Å². The highest BCUT2D eigenvalue weighted by atomic mass is 32.2. The third-order valence-electron chi connectivity index (χ3n) is 2.40. The molecule has 4 atom stereocenters. The zero-order valence-electron chi connectivity index (χ0n) is 8.87. The van der Waals surface area contributed by atoms with Crippen molar-refractivity contribution in [3.8, 4) is 0 Å². The van der Waals surface area contributed by atoms with Gasteiger partial charge in [0.15, 0.2) is 12.4 Å². The Balaban J connectivity index is 2.12. The van der Waals surface area contributed by atoms with E-state index >= 15 is 0 Å². The monoisotopic (exact) mass is 248 g/mol. The lowest BCUT2D eigenvalue weighted by molar-refractivity contribution is -0.229. The molecule has 2 rings (SSSR count). The van der Waals surface area contributed by atoms with Crippen LogP contribution in [0.15, 0.2) is 0 Å². The van der Waals surface area contributed by atoms with E-state index in [0.717, 1.165) is 11.8 Å². The first-order valence-electron chi connectivity index (χ1n) is 4.80. The average molecular weight is 248 g/mol. The number of thioether (sulfide) groups is 1. The molecule has 0 aromatic rings. The summed E-state index contributed by atoms with van der Waals surface area (Å²) in [6.45, 7) is 1.57. The van der Waals surface area contributed by atoms with E-state index in [4.69, 9.17) is 18.9 Å². The van der Waals surface area contributed by atoms with E-state index in [1.807, 2.05) is 0 Å². The molecule has 0 spiro atoms. The van der Waals surface area contributed by atoms with E-state index in [9.17, 15) is 9.59 Å². The maximum Gasteiger partial charge on any atom is 0.368 e. The number of carbonyl (C=O) groups is 2. The van der Waals surface area contributed by atoms with Gasteiger partial charge in [0, 0.05) is 14.0 Å². The summed E-state index contributed by atoms with van der Waals surface area (Å²) in [6.07, 6.45) is -1.63. The Labute approximate surface area is 96.5 Å². The molecule has 0 radical (unpaired) electrons. The van der Waals surface area contributed by atoms with Crippen LogP contribution in [0.1, 0.15) is 6.92 Å². The highest BCUT2D eigenvalue weighted by Crippen LogP contribution is 2.37. The van der Waals surface area contributed by atoms with Gasteiger partial charge in [-0.05, 0) is 11.8 Å². The van der Waals surface area contributed by atoms with Crippen LogP contribution in [-0.4, -0.2) is 48.7 Å². The Morgan fingerprint density at radius 1 is 1.56 bits per heavy atom. The smallest absolute Gasteiger partial charge is 0.368 e. The molecule has 0 saturated carbocycles. The zero-order valence-corrected chi connectivity index (χ0v) is 9.69. The molecule has 2 heterocycles. The van der Waals surface area contributed by atoms with Gasteiger partial charge in [-0.15, -0.1) is 0 Å². The summed E-state index contributed by atoms with van der Waals surface area (Å²) in [7, 11) is 1.46. The summed E-state index contributed by atoms with van der Waals surface area (Å²) in [5.41, 5.74) is 0. The van der Waals surface area contributed by atoms with E-state index in [2.05, 4.69) is 0 Å². The van der Waals surface area contributed by atoms with Crippen molar-refractivity contribution in [1.29, 1.82) is 0 Å². The largest absolute Gasteiger partial charge is 0.456 e. The van der Waals surface area contributed by atoms with Gasteiger partial charge in [0.05, 0.1) is 11.9 Å². The Morgan fingerprint density at radius 3 is 2.94 bits per heavy atom. The van der Waals surface area contributed by atoms with Crippen LogP contribution in [0.25, 0.3) is 0 Å². The summed E-state index contributed by atoms with van der Waals surface area (Å²) in [5, 5.41) is -0.623. The molecule has 0 N–H and O–H groups in total. The topological polar surface area (TPSA) is 71.1 Å². The summed E-state index contributed by atoms with van der Waals surface area (Å²) < 4.78 is 20.5. The maximum atomic E-state index is 11.1. The lowest BCUT2D eigenvalue weighted by Crippen LogP contribution is -2.52. The van der Waals surface area contributed by atoms with Crippen LogP contribution in [0, 0.1) is 0 Å². The molecule has 0 unspecified atom stereocenters. The van der Waals surface area contributed by atoms with E-state index < -0.39 is 18.4 Å². The Hall–Kier alpha value is -0.790. The molecule has 0 bridgehead atoms. The van der Waals surface area contributed by atoms with E-state index in [1.165, 1.54) is 14.0 Å². The number of methoxy groups -OCH3 is 1. The Bertz CT molecular complexity index is 306. The van der Waals surface area contributed by atoms with Crippen LogP contribution in [0.4, 0.5) is 4.79 Å². The predicted molar refractivity (Wildman–Crippen MR) is 54.0 cm³/mol. The standard InChI is InChI=1S/C9H12O6S/c1-4(10)14-6-7-5(15-9(11)16-7)3-13-8(6)12-2/h5-8H,3H2,1-2H3/t5-,6+,7-,8-/m0/s1. The van der Waals surface area contributed by atoms with E-state index in [-0.39, 0.29) is 23.3 Å². The van der Waals surface area contributed by atoms with Crippen molar-refractivity contribution >= 4 is 23.0 Å². The number of esters is 1. The fourth-order valence-electron chi connectivity index (χ4n) is 1.77. The van der Waals surface area contributed by atoms with Crippen LogP contribution < -0.4 is 0 Å². The van der Waals surface area contributed by atoms with Crippen molar-refractivity contribution in [2.45, 2.75) is 30.7 Å². The second kappa shape index (κ2) is 4.60. The lowest BCUT2D eigenvalue weighted by atomic mass is 10.1. The first kappa shape index (κ1) is 11.7. The third-order valence-corrected chi connectivity index (χ3v) is 3.53. The van der Waals surface area contributed by atoms with Gasteiger partial charge < -0.3 is 18.9 Å². The maximum absolute atomic E-state index is 11.1. The van der Waals surface area contributed by atoms with Crippen molar-refractivity contribution < 1.29 is 28.5 Å². The van der Waals surface area contributed by atoms with Crippen LogP contribution in [0.2, 0.25) is 0 Å². The van der Waals surface area contributed by atoms with Crippen LogP contribution in [0.3, 0.4) is 0 Å². The molecule has 16 heavy (non-hydrogen) atoms. The van der Waals surface area contributed by atoms with E-state index in [1.54, 1.807) is 0 Å². The van der Waals surface area contributed by atoms with Gasteiger partial charge in [-0.3, -0.25) is 4.79 Å². The second-order valence-corrected chi connectivity index (χ2v) is 4.61. The van der Waals surface area contributed by atoms with Gasteiger partial charge in [0.2, 0.25) is 0 Å². The number of ether oxygens (including phenoxy) is 4. The quantitative estimate of drug-likeness (QED) is 0.660. The van der Waals surface area contributed by atoms with Crippen LogP contribution in [0.5, 0.6) is 0 Å². The number of carbonyl (C=O) groups excluding carboxylic acids is 2. The van der Waals surface area contributed by atoms with Crippen LogP contribution >= 0.6 is 11.8 Å². The molecule has 2 aliphatic heterocycles. The summed E-state index contributed by atoms with van der Waals surface area (Å²) in [5.74, 6) is -0.434. The predicted octanol–water partition coefficient (Wildman–Crippen LogP) is 0.541. The number of rotatable bonds is 2. The highest BCUT2D eigenvalue weighted by molar-refractivity contribution is 8.14. The van der Waals surface area contributed by atoms with Gasteiger partial charge in [-0.1, -0.05) is 0 Å². The molecule has 0 amide bonds. The summed E-state index contributed by atoms with van der Waals surface area (Å²) in [6, 6.07) is 0. The Morgan fingerprint density at radius 2 is 2.31 bits per heavy atom. The molecule has 2 fully saturated rings. The van der Waals surface area contributed by atoms with E-state index in [0.29, 0.717) is 0 Å². The second-order valence-electron chi connectivity index (χ2n) is 3.50. The third kappa shape index (κ3) is 2.16. The first-order valence-corrected chi connectivity index (χ1v) is 5.68.